The Balaban J connectivity index is 1.74. The number of pyridine rings is 1. The lowest BCUT2D eigenvalue weighted by molar-refractivity contribution is -0.202. The predicted molar refractivity (Wildman–Crippen MR) is 143 cm³/mol. The van der Waals surface area contributed by atoms with Crippen molar-refractivity contribution in [2.24, 2.45) is 0 Å². The molecule has 0 radical (unpaired) electrons. The first-order valence-corrected chi connectivity index (χ1v) is 15.5. The first-order valence-electron chi connectivity index (χ1n) is 12.3. The van der Waals surface area contributed by atoms with Crippen molar-refractivity contribution in [1.82, 2.24) is 34.1 Å². The van der Waals surface area contributed by atoms with Gasteiger partial charge >= 0.3 is 11.9 Å². The van der Waals surface area contributed by atoms with Crippen LogP contribution in [0.5, 0.6) is 0 Å². The Kier molecular flexibility index (Phi) is 8.07. The molecular formula is C25H28ClF4N7O2Si. The summed E-state index contributed by atoms with van der Waals surface area (Å²) < 4.78 is 65.7. The maximum absolute atomic E-state index is 14.3. The van der Waals surface area contributed by atoms with Gasteiger partial charge in [-0.25, -0.2) is 23.8 Å². The summed E-state index contributed by atoms with van der Waals surface area (Å²) in [7, 11) is -2.88. The van der Waals surface area contributed by atoms with Gasteiger partial charge in [-0.3, -0.25) is 4.57 Å². The van der Waals surface area contributed by atoms with Crippen LogP contribution in [0.4, 0.5) is 17.6 Å². The summed E-state index contributed by atoms with van der Waals surface area (Å²) >= 11 is 6.00. The highest BCUT2D eigenvalue weighted by Gasteiger charge is 2.48. The van der Waals surface area contributed by atoms with Gasteiger partial charge in [0.25, 0.3) is 0 Å². The monoisotopic (exact) mass is 597 g/mol. The van der Waals surface area contributed by atoms with Crippen molar-refractivity contribution >= 4 is 19.9 Å². The molecule has 0 N–H and O–H groups in total. The van der Waals surface area contributed by atoms with Crippen molar-refractivity contribution in [3.8, 4) is 17.2 Å². The number of hydrogen-bond donors (Lipinski definition) is 0. The molecule has 0 unspecified atom stereocenters. The lowest BCUT2D eigenvalue weighted by Crippen LogP contribution is -2.50. The second-order valence-corrected chi connectivity index (χ2v) is 15.9. The quantitative estimate of drug-likeness (QED) is 0.197. The van der Waals surface area contributed by atoms with E-state index in [0.717, 1.165) is 13.9 Å². The van der Waals surface area contributed by atoms with Crippen LogP contribution in [0.2, 0.25) is 23.2 Å². The Hall–Kier alpha value is -3.36. The van der Waals surface area contributed by atoms with Crippen molar-refractivity contribution in [2.45, 2.75) is 64.3 Å². The Morgan fingerprint density at radius 1 is 1.05 bits per heavy atom. The van der Waals surface area contributed by atoms with Gasteiger partial charge in [-0.15, -0.1) is 10.2 Å². The summed E-state index contributed by atoms with van der Waals surface area (Å²) in [5, 5.41) is 8.38. The number of halogens is 5. The van der Waals surface area contributed by atoms with Crippen LogP contribution in [0.3, 0.4) is 0 Å². The molecule has 4 rings (SSSR count). The molecule has 0 saturated carbocycles. The first-order chi connectivity index (χ1) is 18.6. The Bertz CT molecular complexity index is 1540. The second-order valence-electron chi connectivity index (χ2n) is 10.7. The van der Waals surface area contributed by atoms with E-state index in [4.69, 9.17) is 16.0 Å². The fraction of sp³-hybridized carbons (Fsp3) is 0.400. The van der Waals surface area contributed by atoms with Crippen LogP contribution in [-0.2, 0) is 17.5 Å². The molecule has 0 saturated heterocycles. The number of benzene rings is 1. The zero-order chi connectivity index (χ0) is 29.5. The molecule has 9 nitrogen and oxygen atoms in total. The van der Waals surface area contributed by atoms with Crippen LogP contribution >= 0.6 is 11.6 Å². The van der Waals surface area contributed by atoms with Crippen molar-refractivity contribution in [3.05, 3.63) is 76.1 Å². The highest BCUT2D eigenvalue weighted by atomic mass is 35.5. The van der Waals surface area contributed by atoms with Crippen molar-refractivity contribution < 1.29 is 22.0 Å². The van der Waals surface area contributed by atoms with Crippen LogP contribution in [0, 0.1) is 5.82 Å². The van der Waals surface area contributed by atoms with Gasteiger partial charge in [-0.1, -0.05) is 32.4 Å². The summed E-state index contributed by atoms with van der Waals surface area (Å²) in [6.45, 7) is 7.83. The summed E-state index contributed by atoms with van der Waals surface area (Å²) in [5.74, 6) is -0.670. The maximum Gasteiger partial charge on any atom is 0.415 e. The van der Waals surface area contributed by atoms with Crippen LogP contribution < -0.4 is 5.69 Å². The van der Waals surface area contributed by atoms with Gasteiger partial charge in [0.2, 0.25) is 0 Å². The largest absolute Gasteiger partial charge is 0.415 e. The fourth-order valence-corrected chi connectivity index (χ4v) is 4.98. The minimum atomic E-state index is -4.75. The molecule has 3 heterocycles. The third kappa shape index (κ3) is 6.34. The summed E-state index contributed by atoms with van der Waals surface area (Å²) in [6, 6.07) is 8.82. The van der Waals surface area contributed by atoms with E-state index < -0.39 is 43.7 Å². The minimum Gasteiger partial charge on any atom is -0.404 e. The molecule has 0 aliphatic rings. The number of rotatable bonds is 8. The average Bonchev–Trinajstić information content (AvgIpc) is 3.43. The molecule has 4 aromatic rings. The topological polar surface area (TPSA) is 92.7 Å². The van der Waals surface area contributed by atoms with Gasteiger partial charge in [0.1, 0.15) is 12.9 Å². The van der Waals surface area contributed by atoms with Gasteiger partial charge < -0.3 is 4.43 Å². The molecule has 15 heteroatoms. The van der Waals surface area contributed by atoms with E-state index in [1.807, 2.05) is 20.8 Å². The molecule has 0 fully saturated rings. The smallest absolute Gasteiger partial charge is 0.404 e. The second kappa shape index (κ2) is 10.9. The molecule has 0 amide bonds. The number of aromatic nitrogens is 7. The van der Waals surface area contributed by atoms with Crippen molar-refractivity contribution in [1.29, 1.82) is 0 Å². The SMILES string of the molecule is CC(C)(C)[Si](C)(C)O[C@@H](Cn1c(-c2ccc(Cl)cc2)nn(Cc2ncn(-c3ncccc3F)n2)c1=O)C(F)(F)F. The molecule has 0 spiro atoms. The number of alkyl halides is 3. The number of nitrogens with zero attached hydrogens (tertiary/aromatic N) is 7. The van der Waals surface area contributed by atoms with Crippen molar-refractivity contribution in [2.75, 3.05) is 0 Å². The molecule has 0 aliphatic heterocycles. The van der Waals surface area contributed by atoms with Crippen LogP contribution in [0.15, 0.2) is 53.7 Å². The molecule has 214 valence electrons. The van der Waals surface area contributed by atoms with E-state index >= 15 is 0 Å². The van der Waals surface area contributed by atoms with E-state index in [1.54, 1.807) is 37.4 Å². The summed E-state index contributed by atoms with van der Waals surface area (Å²) in [4.78, 5) is 21.5. The van der Waals surface area contributed by atoms with E-state index in [2.05, 4.69) is 20.2 Å². The van der Waals surface area contributed by atoms with Gasteiger partial charge in [0, 0.05) is 16.8 Å². The van der Waals surface area contributed by atoms with Gasteiger partial charge in [-0.2, -0.15) is 17.9 Å². The van der Waals surface area contributed by atoms with E-state index in [9.17, 15) is 22.4 Å². The lowest BCUT2D eigenvalue weighted by atomic mass is 10.2. The highest BCUT2D eigenvalue weighted by Crippen LogP contribution is 2.40. The average molecular weight is 598 g/mol. The minimum absolute atomic E-state index is 0.00930. The van der Waals surface area contributed by atoms with Gasteiger partial charge in [0.15, 0.2) is 37.7 Å². The van der Waals surface area contributed by atoms with Crippen LogP contribution in [0.1, 0.15) is 26.6 Å². The molecule has 1 aromatic carbocycles. The predicted octanol–water partition coefficient (Wildman–Crippen LogP) is 5.48. The van der Waals surface area contributed by atoms with Crippen molar-refractivity contribution in [3.63, 3.8) is 0 Å². The molecule has 0 aliphatic carbocycles. The first kappa shape index (κ1) is 29.6. The zero-order valence-electron chi connectivity index (χ0n) is 22.4. The summed E-state index contributed by atoms with van der Waals surface area (Å²) in [6.07, 6.45) is -4.40. The Morgan fingerprint density at radius 2 is 1.73 bits per heavy atom. The Morgan fingerprint density at radius 3 is 2.33 bits per heavy atom. The van der Waals surface area contributed by atoms with Crippen LogP contribution in [0.25, 0.3) is 17.2 Å². The lowest BCUT2D eigenvalue weighted by Gasteiger charge is -2.39. The summed E-state index contributed by atoms with van der Waals surface area (Å²) in [5.41, 5.74) is -0.444. The molecule has 3 aromatic heterocycles. The molecular weight excluding hydrogens is 570 g/mol. The number of hydrogen-bond acceptors (Lipinski definition) is 6. The zero-order valence-corrected chi connectivity index (χ0v) is 24.2. The standard InChI is InChI=1S/C25H28ClF4N7O2Si/c1-24(2,3)40(4,5)39-19(25(28,29)30)13-35-21(16-8-10-17(26)11-9-16)34-36(23(35)38)14-20-32-15-37(33-20)22-18(27)7-6-12-31-22/h6-12,15,19H,13-14H2,1-5H3/t19-/m0/s1. The van der Waals surface area contributed by atoms with E-state index in [-0.39, 0.29) is 24.0 Å². The maximum atomic E-state index is 14.3. The van der Waals surface area contributed by atoms with E-state index in [1.165, 1.54) is 24.7 Å². The van der Waals surface area contributed by atoms with Crippen LogP contribution in [-0.4, -0.2) is 54.7 Å². The molecule has 40 heavy (non-hydrogen) atoms. The van der Waals surface area contributed by atoms with Gasteiger partial charge in [-0.05, 0) is 54.5 Å². The highest BCUT2D eigenvalue weighted by molar-refractivity contribution is 6.74. The third-order valence-corrected chi connectivity index (χ3v) is 11.5. The third-order valence-electron chi connectivity index (χ3n) is 6.77. The normalized spacial score (nSPS) is 13.6. The van der Waals surface area contributed by atoms with E-state index in [0.29, 0.717) is 10.6 Å². The molecule has 1 atom stereocenters. The Labute approximate surface area is 233 Å². The molecule has 0 bridgehead atoms. The fourth-order valence-electron chi connectivity index (χ4n) is 3.58. The van der Waals surface area contributed by atoms with Gasteiger partial charge in [0.05, 0.1) is 6.54 Å².